The number of rotatable bonds is 4. The van der Waals surface area contributed by atoms with Crippen LogP contribution in [0.5, 0.6) is 0 Å². The van der Waals surface area contributed by atoms with Gasteiger partial charge in [0.2, 0.25) is 11.8 Å². The third-order valence-corrected chi connectivity index (χ3v) is 5.47. The van der Waals surface area contributed by atoms with Crippen LogP contribution in [0.2, 0.25) is 0 Å². The molecule has 3 rings (SSSR count). The molecular weight excluding hydrogens is 332 g/mol. The topological polar surface area (TPSA) is 67.7 Å². The molecule has 7 heteroatoms. The van der Waals surface area contributed by atoms with Crippen LogP contribution >= 0.6 is 0 Å². The highest BCUT2D eigenvalue weighted by molar-refractivity contribution is 5.82. The van der Waals surface area contributed by atoms with Gasteiger partial charge in [0.05, 0.1) is 13.2 Å². The van der Waals surface area contributed by atoms with Crippen molar-refractivity contribution in [2.24, 2.45) is 5.92 Å². The van der Waals surface area contributed by atoms with E-state index in [1.165, 1.54) is 0 Å². The maximum absolute atomic E-state index is 12.9. The van der Waals surface area contributed by atoms with Crippen LogP contribution in [0.25, 0.3) is 0 Å². The summed E-state index contributed by atoms with van der Waals surface area (Å²) in [6, 6.07) is -0.263. The maximum Gasteiger partial charge on any atom is 0.245 e. The van der Waals surface area contributed by atoms with Crippen molar-refractivity contribution >= 4 is 11.8 Å². The highest BCUT2D eigenvalue weighted by Crippen LogP contribution is 2.24. The number of aromatic nitrogens is 2. The molecule has 1 aromatic heterocycles. The molecule has 7 nitrogen and oxygen atoms in total. The summed E-state index contributed by atoms with van der Waals surface area (Å²) in [7, 11) is 0. The summed E-state index contributed by atoms with van der Waals surface area (Å²) in [6.07, 6.45) is 5.13. The molecule has 2 aliphatic rings. The zero-order valence-corrected chi connectivity index (χ0v) is 16.1. The predicted octanol–water partition coefficient (Wildman–Crippen LogP) is 1.66. The van der Waals surface area contributed by atoms with Crippen molar-refractivity contribution in [3.8, 4) is 0 Å². The zero-order valence-electron chi connectivity index (χ0n) is 16.1. The van der Waals surface area contributed by atoms with Gasteiger partial charge in [-0.05, 0) is 19.8 Å². The number of hydrogen-bond acceptors (Lipinski definition) is 4. The van der Waals surface area contributed by atoms with Crippen LogP contribution in [-0.2, 0) is 14.3 Å². The second-order valence-electron chi connectivity index (χ2n) is 7.56. The lowest BCUT2D eigenvalue weighted by Crippen LogP contribution is -2.48. The summed E-state index contributed by atoms with van der Waals surface area (Å²) in [5.74, 6) is 1.58. The molecule has 0 spiro atoms. The van der Waals surface area contributed by atoms with Gasteiger partial charge in [0.15, 0.2) is 0 Å². The summed E-state index contributed by atoms with van der Waals surface area (Å²) in [4.78, 5) is 33.7. The van der Waals surface area contributed by atoms with Gasteiger partial charge in [0.25, 0.3) is 0 Å². The molecule has 2 aliphatic heterocycles. The first-order valence-corrected chi connectivity index (χ1v) is 9.67. The van der Waals surface area contributed by atoms with Crippen LogP contribution in [0.15, 0.2) is 12.4 Å². The molecule has 0 aromatic carbocycles. The fourth-order valence-electron chi connectivity index (χ4n) is 3.87. The molecule has 2 saturated heterocycles. The summed E-state index contributed by atoms with van der Waals surface area (Å²) in [6.45, 7) is 10.0. The minimum Gasteiger partial charge on any atom is -0.378 e. The fraction of sp³-hybridized carbons (Fsp3) is 0.737. The lowest BCUT2D eigenvalue weighted by molar-refractivity contribution is -0.144. The first kappa shape index (κ1) is 18.9. The van der Waals surface area contributed by atoms with Gasteiger partial charge >= 0.3 is 0 Å². The van der Waals surface area contributed by atoms with Crippen molar-refractivity contribution in [2.45, 2.75) is 45.6 Å². The number of imidazole rings is 1. The Morgan fingerprint density at radius 2 is 1.73 bits per heavy atom. The lowest BCUT2D eigenvalue weighted by atomic mass is 9.94. The molecule has 1 atom stereocenters. The molecule has 144 valence electrons. The number of ether oxygens (including phenoxy) is 1. The Bertz CT molecular complexity index is 628. The normalized spacial score (nSPS) is 20.5. The van der Waals surface area contributed by atoms with Crippen LogP contribution in [-0.4, -0.2) is 70.6 Å². The number of carbonyl (C=O) groups excluding carboxylic acids is 2. The predicted molar refractivity (Wildman–Crippen MR) is 97.7 cm³/mol. The molecule has 0 aliphatic carbocycles. The van der Waals surface area contributed by atoms with Gasteiger partial charge in [-0.2, -0.15) is 0 Å². The highest BCUT2D eigenvalue weighted by Gasteiger charge is 2.32. The number of nitrogens with zero attached hydrogens (tertiary/aromatic N) is 4. The van der Waals surface area contributed by atoms with Crippen LogP contribution in [0.3, 0.4) is 0 Å². The first-order chi connectivity index (χ1) is 12.5. The summed E-state index contributed by atoms with van der Waals surface area (Å²) in [5.41, 5.74) is 0. The average molecular weight is 362 g/mol. The largest absolute Gasteiger partial charge is 0.378 e. The van der Waals surface area contributed by atoms with Gasteiger partial charge in [0.1, 0.15) is 11.9 Å². The van der Waals surface area contributed by atoms with E-state index in [1.54, 1.807) is 6.20 Å². The maximum atomic E-state index is 12.9. The third-order valence-electron chi connectivity index (χ3n) is 5.47. The van der Waals surface area contributed by atoms with E-state index >= 15 is 0 Å². The van der Waals surface area contributed by atoms with Crippen molar-refractivity contribution in [1.29, 1.82) is 0 Å². The average Bonchev–Trinajstić information content (AvgIpc) is 3.17. The second-order valence-corrected chi connectivity index (χ2v) is 7.56. The molecule has 1 aromatic rings. The number of amides is 2. The molecule has 0 saturated carbocycles. The van der Waals surface area contributed by atoms with Gasteiger partial charge in [-0.15, -0.1) is 0 Å². The summed E-state index contributed by atoms with van der Waals surface area (Å²) in [5, 5.41) is 0. The van der Waals surface area contributed by atoms with Gasteiger partial charge in [-0.25, -0.2) is 4.98 Å². The summed E-state index contributed by atoms with van der Waals surface area (Å²) < 4.78 is 7.29. The lowest BCUT2D eigenvalue weighted by Gasteiger charge is -2.36. The Labute approximate surface area is 155 Å². The van der Waals surface area contributed by atoms with Crippen LogP contribution < -0.4 is 0 Å². The van der Waals surface area contributed by atoms with Gasteiger partial charge in [-0.3, -0.25) is 9.59 Å². The zero-order chi connectivity index (χ0) is 18.7. The van der Waals surface area contributed by atoms with E-state index in [-0.39, 0.29) is 29.7 Å². The van der Waals surface area contributed by atoms with Crippen molar-refractivity contribution < 1.29 is 14.3 Å². The number of likely N-dealkylation sites (tertiary alicyclic amines) is 1. The van der Waals surface area contributed by atoms with E-state index in [0.717, 1.165) is 18.7 Å². The van der Waals surface area contributed by atoms with E-state index in [1.807, 2.05) is 27.5 Å². The van der Waals surface area contributed by atoms with E-state index in [0.29, 0.717) is 39.4 Å². The standard InChI is InChI=1S/C19H30N4O3/c1-14(2)17-20-6-9-23(17)15(3)18(24)21-7-4-16(5-8-21)19(25)22-10-12-26-13-11-22/h6,9,14-16H,4-5,7-8,10-13H2,1-3H3. The second kappa shape index (κ2) is 8.20. The smallest absolute Gasteiger partial charge is 0.245 e. The number of morpholine rings is 1. The van der Waals surface area contributed by atoms with Gasteiger partial charge < -0.3 is 19.1 Å². The minimum absolute atomic E-state index is 0.0342. The van der Waals surface area contributed by atoms with E-state index in [9.17, 15) is 9.59 Å². The Hall–Kier alpha value is -1.89. The fourth-order valence-corrected chi connectivity index (χ4v) is 3.87. The van der Waals surface area contributed by atoms with Crippen molar-refractivity contribution in [2.75, 3.05) is 39.4 Å². The monoisotopic (exact) mass is 362 g/mol. The van der Waals surface area contributed by atoms with Crippen molar-refractivity contribution in [3.63, 3.8) is 0 Å². The summed E-state index contributed by atoms with van der Waals surface area (Å²) >= 11 is 0. The molecule has 0 radical (unpaired) electrons. The number of piperidine rings is 1. The molecule has 3 heterocycles. The van der Waals surface area contributed by atoms with E-state index in [2.05, 4.69) is 18.8 Å². The van der Waals surface area contributed by atoms with E-state index < -0.39 is 0 Å². The highest BCUT2D eigenvalue weighted by atomic mass is 16.5. The molecular formula is C19H30N4O3. The Morgan fingerprint density at radius 3 is 2.35 bits per heavy atom. The molecule has 0 bridgehead atoms. The molecule has 1 unspecified atom stereocenters. The van der Waals surface area contributed by atoms with Gasteiger partial charge in [0, 0.05) is 50.4 Å². The first-order valence-electron chi connectivity index (χ1n) is 9.67. The molecule has 0 N–H and O–H groups in total. The van der Waals surface area contributed by atoms with Crippen LogP contribution in [0.1, 0.15) is 51.4 Å². The van der Waals surface area contributed by atoms with Crippen LogP contribution in [0.4, 0.5) is 0 Å². The van der Waals surface area contributed by atoms with Crippen molar-refractivity contribution in [1.82, 2.24) is 19.4 Å². The minimum atomic E-state index is -0.263. The molecule has 26 heavy (non-hydrogen) atoms. The quantitative estimate of drug-likeness (QED) is 0.817. The molecule has 2 fully saturated rings. The Kier molecular flexibility index (Phi) is 5.96. The molecule has 2 amide bonds. The number of carbonyl (C=O) groups is 2. The van der Waals surface area contributed by atoms with Crippen molar-refractivity contribution in [3.05, 3.63) is 18.2 Å². The number of hydrogen-bond donors (Lipinski definition) is 0. The van der Waals surface area contributed by atoms with E-state index in [4.69, 9.17) is 4.74 Å². The third kappa shape index (κ3) is 3.92. The van der Waals surface area contributed by atoms with Crippen LogP contribution in [0, 0.1) is 5.92 Å². The Balaban J connectivity index is 1.56. The SMILES string of the molecule is CC(C)c1nccn1C(C)C(=O)N1CCC(C(=O)N2CCOCC2)CC1. The van der Waals surface area contributed by atoms with Gasteiger partial charge in [-0.1, -0.05) is 13.8 Å². The Morgan fingerprint density at radius 1 is 1.08 bits per heavy atom.